The molecule has 0 aromatic carbocycles. The molecule has 1 atom stereocenters. The van der Waals surface area contributed by atoms with Gasteiger partial charge >= 0.3 is 0 Å². The molecule has 1 amide bonds. The van der Waals surface area contributed by atoms with Crippen molar-refractivity contribution in [2.45, 2.75) is 38.7 Å². The maximum absolute atomic E-state index is 12.1. The van der Waals surface area contributed by atoms with Gasteiger partial charge in [0.15, 0.2) is 0 Å². The third-order valence-corrected chi connectivity index (χ3v) is 3.87. The molecule has 1 aliphatic rings. The summed E-state index contributed by atoms with van der Waals surface area (Å²) in [5.74, 6) is 0.963. The van der Waals surface area contributed by atoms with Crippen molar-refractivity contribution in [1.82, 2.24) is 15.3 Å². The molecule has 1 aliphatic heterocycles. The molecule has 1 aromatic heterocycles. The van der Waals surface area contributed by atoms with Crippen molar-refractivity contribution in [3.05, 3.63) is 18.6 Å². The summed E-state index contributed by atoms with van der Waals surface area (Å²) in [6.45, 7) is 4.01. The number of amides is 1. The van der Waals surface area contributed by atoms with Crippen molar-refractivity contribution in [3.8, 4) is 0 Å². The fourth-order valence-corrected chi connectivity index (χ4v) is 2.62. The summed E-state index contributed by atoms with van der Waals surface area (Å²) < 4.78 is 0. The molecule has 21 heavy (non-hydrogen) atoms. The number of anilines is 1. The Bertz CT molecular complexity index is 433. The van der Waals surface area contributed by atoms with Crippen molar-refractivity contribution in [1.29, 1.82) is 0 Å². The monoisotopic (exact) mass is 292 g/mol. The summed E-state index contributed by atoms with van der Waals surface area (Å²) in [6.07, 6.45) is 7.94. The van der Waals surface area contributed by atoms with Gasteiger partial charge in [0.05, 0.1) is 12.3 Å². The average Bonchev–Trinajstić information content (AvgIpc) is 2.54. The van der Waals surface area contributed by atoms with Crippen LogP contribution in [0.15, 0.2) is 18.6 Å². The van der Waals surface area contributed by atoms with Crippen LogP contribution in [0.25, 0.3) is 0 Å². The lowest BCUT2D eigenvalue weighted by Crippen LogP contribution is -2.42. The van der Waals surface area contributed by atoms with E-state index in [-0.39, 0.29) is 11.8 Å². The second-order valence-corrected chi connectivity index (χ2v) is 5.51. The Kier molecular flexibility index (Phi) is 5.92. The topological polar surface area (TPSA) is 78.4 Å². The normalized spacial score (nSPS) is 17.5. The van der Waals surface area contributed by atoms with Gasteiger partial charge in [0.1, 0.15) is 5.82 Å². The molecular weight excluding hydrogens is 268 g/mol. The Hall–Kier alpha value is -1.69. The molecule has 1 fully saturated rings. The standard InChI is InChI=1S/C15H24N4O2/c1-2-3-13(20)10-18-15(21)12-4-8-19(9-5-12)14-11-16-6-7-17-14/h6-7,11-13,20H,2-5,8-10H2,1H3,(H,18,21). The fraction of sp³-hybridized carbons (Fsp3) is 0.667. The maximum atomic E-state index is 12.1. The summed E-state index contributed by atoms with van der Waals surface area (Å²) in [4.78, 5) is 22.6. The van der Waals surface area contributed by atoms with Crippen LogP contribution in [0.3, 0.4) is 0 Å². The van der Waals surface area contributed by atoms with Crippen LogP contribution in [0, 0.1) is 5.92 Å². The number of hydrogen-bond donors (Lipinski definition) is 2. The van der Waals surface area contributed by atoms with Gasteiger partial charge in [-0.3, -0.25) is 9.78 Å². The van der Waals surface area contributed by atoms with E-state index in [0.717, 1.165) is 44.6 Å². The van der Waals surface area contributed by atoms with Crippen molar-refractivity contribution < 1.29 is 9.90 Å². The molecular formula is C15H24N4O2. The highest BCUT2D eigenvalue weighted by Crippen LogP contribution is 2.21. The molecule has 0 aliphatic carbocycles. The lowest BCUT2D eigenvalue weighted by Gasteiger charge is -2.32. The van der Waals surface area contributed by atoms with Crippen LogP contribution in [0.4, 0.5) is 5.82 Å². The Morgan fingerprint density at radius 2 is 2.24 bits per heavy atom. The minimum atomic E-state index is -0.432. The number of aliphatic hydroxyl groups is 1. The molecule has 0 bridgehead atoms. The van der Waals surface area contributed by atoms with Crippen molar-refractivity contribution in [2.24, 2.45) is 5.92 Å². The lowest BCUT2D eigenvalue weighted by atomic mass is 9.96. The SMILES string of the molecule is CCCC(O)CNC(=O)C1CCN(c2cnccn2)CC1. The molecule has 1 saturated heterocycles. The van der Waals surface area contributed by atoms with Crippen LogP contribution in [0.2, 0.25) is 0 Å². The number of nitrogens with one attached hydrogen (secondary N) is 1. The van der Waals surface area contributed by atoms with E-state index in [1.165, 1.54) is 0 Å². The van der Waals surface area contributed by atoms with Crippen molar-refractivity contribution >= 4 is 11.7 Å². The van der Waals surface area contributed by atoms with Gasteiger partial charge < -0.3 is 15.3 Å². The molecule has 1 aromatic rings. The zero-order valence-electron chi connectivity index (χ0n) is 12.5. The highest BCUT2D eigenvalue weighted by atomic mass is 16.3. The van der Waals surface area contributed by atoms with Crippen molar-refractivity contribution in [2.75, 3.05) is 24.5 Å². The first kappa shape index (κ1) is 15.7. The first-order chi connectivity index (χ1) is 10.2. The number of aliphatic hydroxyl groups excluding tert-OH is 1. The predicted molar refractivity (Wildman–Crippen MR) is 80.9 cm³/mol. The number of rotatable bonds is 6. The zero-order chi connectivity index (χ0) is 15.1. The molecule has 116 valence electrons. The Labute approximate surface area is 125 Å². The molecule has 2 N–H and O–H groups in total. The number of nitrogens with zero attached hydrogens (tertiary/aromatic N) is 3. The van der Waals surface area contributed by atoms with Gasteiger partial charge in [-0.1, -0.05) is 13.3 Å². The van der Waals surface area contributed by atoms with Gasteiger partial charge in [-0.2, -0.15) is 0 Å². The van der Waals surface area contributed by atoms with E-state index in [0.29, 0.717) is 6.54 Å². The average molecular weight is 292 g/mol. The van der Waals surface area contributed by atoms with Gasteiger partial charge in [-0.15, -0.1) is 0 Å². The minimum Gasteiger partial charge on any atom is -0.391 e. The maximum Gasteiger partial charge on any atom is 0.223 e. The van der Waals surface area contributed by atoms with E-state index in [2.05, 4.69) is 20.2 Å². The number of aromatic nitrogens is 2. The third kappa shape index (κ3) is 4.67. The van der Waals surface area contributed by atoms with Gasteiger partial charge in [0.2, 0.25) is 5.91 Å². The molecule has 0 radical (unpaired) electrons. The van der Waals surface area contributed by atoms with Crippen LogP contribution in [-0.4, -0.2) is 46.7 Å². The predicted octanol–water partition coefficient (Wildman–Crippen LogP) is 0.970. The fourth-order valence-electron chi connectivity index (χ4n) is 2.62. The summed E-state index contributed by atoms with van der Waals surface area (Å²) in [6, 6.07) is 0. The van der Waals surface area contributed by atoms with Crippen molar-refractivity contribution in [3.63, 3.8) is 0 Å². The van der Waals surface area contributed by atoms with E-state index >= 15 is 0 Å². The molecule has 0 saturated carbocycles. The molecule has 6 heteroatoms. The number of hydrogen-bond acceptors (Lipinski definition) is 5. The van der Waals surface area contributed by atoms with E-state index in [1.807, 2.05) is 6.92 Å². The zero-order valence-corrected chi connectivity index (χ0v) is 12.5. The summed E-state index contributed by atoms with van der Waals surface area (Å²) in [7, 11) is 0. The van der Waals surface area contributed by atoms with E-state index in [1.54, 1.807) is 18.6 Å². The van der Waals surface area contributed by atoms with Gasteiger partial charge in [-0.05, 0) is 19.3 Å². The number of carbonyl (C=O) groups is 1. The number of piperidine rings is 1. The van der Waals surface area contributed by atoms with Crippen LogP contribution in [0.5, 0.6) is 0 Å². The van der Waals surface area contributed by atoms with E-state index < -0.39 is 6.10 Å². The van der Waals surface area contributed by atoms with Gasteiger partial charge in [-0.25, -0.2) is 4.98 Å². The van der Waals surface area contributed by atoms with E-state index in [4.69, 9.17) is 0 Å². The van der Waals surface area contributed by atoms with Crippen LogP contribution in [-0.2, 0) is 4.79 Å². The quantitative estimate of drug-likeness (QED) is 0.817. The molecule has 2 heterocycles. The van der Waals surface area contributed by atoms with Gasteiger partial charge in [0, 0.05) is 37.9 Å². The summed E-state index contributed by atoms with van der Waals surface area (Å²) in [5.41, 5.74) is 0. The number of carbonyl (C=O) groups excluding carboxylic acids is 1. The highest BCUT2D eigenvalue weighted by Gasteiger charge is 2.25. The van der Waals surface area contributed by atoms with Crippen LogP contribution in [0.1, 0.15) is 32.6 Å². The van der Waals surface area contributed by atoms with Crippen LogP contribution < -0.4 is 10.2 Å². The summed E-state index contributed by atoms with van der Waals surface area (Å²) >= 11 is 0. The first-order valence-electron chi connectivity index (χ1n) is 7.67. The Morgan fingerprint density at radius 3 is 2.86 bits per heavy atom. The molecule has 2 rings (SSSR count). The molecule has 6 nitrogen and oxygen atoms in total. The third-order valence-electron chi connectivity index (χ3n) is 3.87. The molecule has 1 unspecified atom stereocenters. The minimum absolute atomic E-state index is 0.0340. The first-order valence-corrected chi connectivity index (χ1v) is 7.67. The van der Waals surface area contributed by atoms with E-state index in [9.17, 15) is 9.90 Å². The largest absolute Gasteiger partial charge is 0.391 e. The van der Waals surface area contributed by atoms with Gasteiger partial charge in [0.25, 0.3) is 0 Å². The van der Waals surface area contributed by atoms with Crippen LogP contribution >= 0.6 is 0 Å². The Morgan fingerprint density at radius 1 is 1.48 bits per heavy atom. The second-order valence-electron chi connectivity index (χ2n) is 5.51. The highest BCUT2D eigenvalue weighted by molar-refractivity contribution is 5.79. The second kappa shape index (κ2) is 7.93. The smallest absolute Gasteiger partial charge is 0.223 e. The Balaban J connectivity index is 1.74. The summed E-state index contributed by atoms with van der Waals surface area (Å²) in [5, 5.41) is 12.5. The lowest BCUT2D eigenvalue weighted by molar-refractivity contribution is -0.126. The molecule has 0 spiro atoms.